The Morgan fingerprint density at radius 3 is 2.64 bits per heavy atom. The first kappa shape index (κ1) is 8.07. The maximum absolute atomic E-state index is 10.8. The molecule has 1 heterocycles. The first-order chi connectivity index (χ1) is 5.10. The van der Waals surface area contributed by atoms with Crippen LogP contribution in [0.5, 0.6) is 0 Å². The molecule has 0 aromatic carbocycles. The largest absolute Gasteiger partial charge is 0.480 e. The number of nitrogens with one attached hydrogen (secondary N) is 1. The molecule has 1 rings (SSSR count). The lowest BCUT2D eigenvalue weighted by Crippen LogP contribution is -2.50. The van der Waals surface area contributed by atoms with Crippen LogP contribution < -0.4 is 5.43 Å². The predicted molar refractivity (Wildman–Crippen MR) is 40.7 cm³/mol. The topological polar surface area (TPSA) is 52.6 Å². The fourth-order valence-electron chi connectivity index (χ4n) is 1.10. The average molecular weight is 156 g/mol. The first-order valence-corrected chi connectivity index (χ1v) is 3.54. The summed E-state index contributed by atoms with van der Waals surface area (Å²) in [4.78, 5) is 10.8. The van der Waals surface area contributed by atoms with Gasteiger partial charge in [0, 0.05) is 13.2 Å². The molecule has 11 heavy (non-hydrogen) atoms. The monoisotopic (exact) mass is 156 g/mol. The quantitative estimate of drug-likeness (QED) is 0.599. The number of hydrogen-bond acceptors (Lipinski definition) is 3. The molecule has 4 heteroatoms. The standard InChI is InChI=1S/C7H12N2O2/c1-3-7(6(10)11)4-5-9(2)8-7/h4-5,8H,3H2,1-2H3,(H,10,11). The molecule has 0 bridgehead atoms. The minimum Gasteiger partial charge on any atom is -0.480 e. The number of hydrazine groups is 1. The Balaban J connectivity index is 2.80. The number of hydrogen-bond donors (Lipinski definition) is 2. The summed E-state index contributed by atoms with van der Waals surface area (Å²) in [6, 6.07) is 0. The number of nitrogens with zero attached hydrogens (tertiary/aromatic N) is 1. The van der Waals surface area contributed by atoms with Gasteiger partial charge in [-0.05, 0) is 12.5 Å². The first-order valence-electron chi connectivity index (χ1n) is 3.54. The normalized spacial score (nSPS) is 29.5. The minimum atomic E-state index is -0.880. The summed E-state index contributed by atoms with van der Waals surface area (Å²) in [7, 11) is 1.77. The Hall–Kier alpha value is -1.03. The molecule has 4 nitrogen and oxygen atoms in total. The van der Waals surface area contributed by atoms with Crippen molar-refractivity contribution in [2.75, 3.05) is 7.05 Å². The number of carboxylic acid groups (broad SMARTS) is 1. The zero-order valence-electron chi connectivity index (χ0n) is 6.66. The van der Waals surface area contributed by atoms with Crippen LogP contribution in [0, 0.1) is 0 Å². The molecular weight excluding hydrogens is 144 g/mol. The van der Waals surface area contributed by atoms with Crippen molar-refractivity contribution in [3.05, 3.63) is 12.3 Å². The van der Waals surface area contributed by atoms with Gasteiger partial charge in [0.15, 0.2) is 5.54 Å². The number of carboxylic acids is 1. The number of carbonyl (C=O) groups is 1. The lowest BCUT2D eigenvalue weighted by molar-refractivity contribution is -0.143. The highest BCUT2D eigenvalue weighted by Gasteiger charge is 2.37. The van der Waals surface area contributed by atoms with Gasteiger partial charge in [0.25, 0.3) is 0 Å². The third-order valence-electron chi connectivity index (χ3n) is 1.90. The second kappa shape index (κ2) is 2.54. The Labute approximate surface area is 65.5 Å². The Morgan fingerprint density at radius 2 is 2.45 bits per heavy atom. The van der Waals surface area contributed by atoms with Gasteiger partial charge in [-0.2, -0.15) is 0 Å². The molecule has 1 aliphatic heterocycles. The van der Waals surface area contributed by atoms with E-state index in [-0.39, 0.29) is 0 Å². The molecule has 0 radical (unpaired) electrons. The van der Waals surface area contributed by atoms with Gasteiger partial charge in [-0.3, -0.25) is 0 Å². The summed E-state index contributed by atoms with van der Waals surface area (Å²) in [5.41, 5.74) is 1.96. The Bertz CT molecular complexity index is 203. The van der Waals surface area contributed by atoms with Crippen LogP contribution in [0.4, 0.5) is 0 Å². The van der Waals surface area contributed by atoms with E-state index >= 15 is 0 Å². The molecular formula is C7H12N2O2. The average Bonchev–Trinajstić information content (AvgIpc) is 2.33. The van der Waals surface area contributed by atoms with Gasteiger partial charge in [0.1, 0.15) is 0 Å². The lowest BCUT2D eigenvalue weighted by Gasteiger charge is -2.23. The van der Waals surface area contributed by atoms with Crippen molar-refractivity contribution in [1.82, 2.24) is 10.4 Å². The van der Waals surface area contributed by atoms with Crippen LogP contribution in [-0.2, 0) is 4.79 Å². The van der Waals surface area contributed by atoms with Crippen molar-refractivity contribution >= 4 is 5.97 Å². The highest BCUT2D eigenvalue weighted by atomic mass is 16.4. The molecule has 0 saturated carbocycles. The maximum atomic E-state index is 10.8. The highest BCUT2D eigenvalue weighted by Crippen LogP contribution is 2.17. The third kappa shape index (κ3) is 1.21. The van der Waals surface area contributed by atoms with Gasteiger partial charge in [0.2, 0.25) is 0 Å². The summed E-state index contributed by atoms with van der Waals surface area (Å²) in [6.07, 6.45) is 3.93. The molecule has 0 aliphatic carbocycles. The van der Waals surface area contributed by atoms with Crippen LogP contribution in [0.3, 0.4) is 0 Å². The molecule has 0 fully saturated rings. The fraction of sp³-hybridized carbons (Fsp3) is 0.571. The van der Waals surface area contributed by atoms with E-state index in [9.17, 15) is 4.79 Å². The third-order valence-corrected chi connectivity index (χ3v) is 1.90. The smallest absolute Gasteiger partial charge is 0.329 e. The van der Waals surface area contributed by atoms with Crippen molar-refractivity contribution in [2.24, 2.45) is 0 Å². The highest BCUT2D eigenvalue weighted by molar-refractivity contribution is 5.81. The zero-order valence-corrected chi connectivity index (χ0v) is 6.66. The van der Waals surface area contributed by atoms with E-state index in [4.69, 9.17) is 5.11 Å². The molecule has 1 unspecified atom stereocenters. The van der Waals surface area contributed by atoms with Gasteiger partial charge < -0.3 is 10.1 Å². The van der Waals surface area contributed by atoms with E-state index in [1.165, 1.54) is 0 Å². The lowest BCUT2D eigenvalue weighted by atomic mass is 9.99. The van der Waals surface area contributed by atoms with Gasteiger partial charge in [0.05, 0.1) is 0 Å². The minimum absolute atomic E-state index is 0.545. The summed E-state index contributed by atoms with van der Waals surface area (Å²) in [6.45, 7) is 1.84. The molecule has 0 aromatic heterocycles. The number of rotatable bonds is 2. The van der Waals surface area contributed by atoms with Crippen LogP contribution in [0.15, 0.2) is 12.3 Å². The molecule has 0 aromatic rings. The van der Waals surface area contributed by atoms with E-state index in [2.05, 4.69) is 5.43 Å². The van der Waals surface area contributed by atoms with Crippen molar-refractivity contribution < 1.29 is 9.90 Å². The van der Waals surface area contributed by atoms with Crippen molar-refractivity contribution in [3.8, 4) is 0 Å². The predicted octanol–water partition coefficient (Wildman–Crippen LogP) is 0.184. The second-order valence-corrected chi connectivity index (χ2v) is 2.67. The van der Waals surface area contributed by atoms with Crippen LogP contribution in [0.1, 0.15) is 13.3 Å². The SMILES string of the molecule is CCC1(C(=O)O)C=CN(C)N1. The molecule has 62 valence electrons. The molecule has 0 amide bonds. The van der Waals surface area contributed by atoms with E-state index < -0.39 is 11.5 Å². The zero-order chi connectivity index (χ0) is 8.48. The van der Waals surface area contributed by atoms with Crippen LogP contribution >= 0.6 is 0 Å². The fourth-order valence-corrected chi connectivity index (χ4v) is 1.10. The summed E-state index contributed by atoms with van der Waals surface area (Å²) < 4.78 is 0. The van der Waals surface area contributed by atoms with E-state index in [0.29, 0.717) is 6.42 Å². The van der Waals surface area contributed by atoms with Crippen molar-refractivity contribution in [1.29, 1.82) is 0 Å². The van der Waals surface area contributed by atoms with Crippen LogP contribution in [0.25, 0.3) is 0 Å². The van der Waals surface area contributed by atoms with Gasteiger partial charge in [-0.15, -0.1) is 0 Å². The molecule has 2 N–H and O–H groups in total. The summed E-state index contributed by atoms with van der Waals surface area (Å²) >= 11 is 0. The van der Waals surface area contributed by atoms with Gasteiger partial charge >= 0.3 is 5.97 Å². The molecule has 1 atom stereocenters. The number of aliphatic carboxylic acids is 1. The van der Waals surface area contributed by atoms with Gasteiger partial charge in [-0.25, -0.2) is 10.2 Å². The molecule has 0 saturated heterocycles. The Morgan fingerprint density at radius 1 is 1.82 bits per heavy atom. The van der Waals surface area contributed by atoms with E-state index in [0.717, 1.165) is 0 Å². The summed E-state index contributed by atoms with van der Waals surface area (Å²) in [5.74, 6) is -0.833. The van der Waals surface area contributed by atoms with Crippen LogP contribution in [-0.4, -0.2) is 28.7 Å². The second-order valence-electron chi connectivity index (χ2n) is 2.67. The van der Waals surface area contributed by atoms with E-state index in [1.54, 1.807) is 24.3 Å². The summed E-state index contributed by atoms with van der Waals surface area (Å²) in [5, 5.41) is 10.5. The van der Waals surface area contributed by atoms with Crippen molar-refractivity contribution in [3.63, 3.8) is 0 Å². The Kier molecular flexibility index (Phi) is 1.87. The van der Waals surface area contributed by atoms with Crippen molar-refractivity contribution in [2.45, 2.75) is 18.9 Å². The molecule has 0 spiro atoms. The molecule has 1 aliphatic rings. The van der Waals surface area contributed by atoms with Gasteiger partial charge in [-0.1, -0.05) is 6.92 Å². The van der Waals surface area contributed by atoms with E-state index in [1.807, 2.05) is 6.92 Å². The van der Waals surface area contributed by atoms with Crippen LogP contribution in [0.2, 0.25) is 0 Å². The maximum Gasteiger partial charge on any atom is 0.329 e.